The van der Waals surface area contributed by atoms with Crippen molar-refractivity contribution in [3.8, 4) is 23.7 Å². The lowest BCUT2D eigenvalue weighted by Crippen LogP contribution is -2.40. The molecular formula is C33H37N5O2. The molecule has 7 heteroatoms. The smallest absolute Gasteiger partial charge is 0.408 e. The molecule has 0 bridgehead atoms. The zero-order valence-corrected chi connectivity index (χ0v) is 24.5. The first-order valence-electron chi connectivity index (χ1n) is 13.4. The van der Waals surface area contributed by atoms with Gasteiger partial charge in [0.05, 0.1) is 18.4 Å². The van der Waals surface area contributed by atoms with E-state index in [2.05, 4.69) is 87.0 Å². The molecule has 4 rings (SSSR count). The first-order valence-corrected chi connectivity index (χ1v) is 13.4. The van der Waals surface area contributed by atoms with Crippen LogP contribution in [0.4, 0.5) is 4.79 Å². The van der Waals surface area contributed by atoms with Gasteiger partial charge in [-0.1, -0.05) is 58.6 Å². The number of aromatic amines is 2. The number of hydrogen-bond donors (Lipinski definition) is 3. The predicted octanol–water partition coefficient (Wildman–Crippen LogP) is 6.82. The Labute approximate surface area is 236 Å². The van der Waals surface area contributed by atoms with Gasteiger partial charge in [0.1, 0.15) is 28.6 Å². The maximum atomic E-state index is 12.4. The Morgan fingerprint density at radius 2 is 1.30 bits per heavy atom. The minimum atomic E-state index is -0.584. The number of carbonyl (C=O) groups excluding carboxylic acids is 1. The number of imidazole rings is 2. The Morgan fingerprint density at radius 1 is 0.800 bits per heavy atom. The fourth-order valence-corrected chi connectivity index (χ4v) is 4.04. The number of ether oxygens (including phenoxy) is 1. The van der Waals surface area contributed by atoms with E-state index in [9.17, 15) is 4.79 Å². The number of amides is 1. The first kappa shape index (κ1) is 28.5. The van der Waals surface area contributed by atoms with Gasteiger partial charge in [0.2, 0.25) is 0 Å². The summed E-state index contributed by atoms with van der Waals surface area (Å²) in [6.45, 7) is 15.8. The van der Waals surface area contributed by atoms with E-state index >= 15 is 0 Å². The second-order valence-corrected chi connectivity index (χ2v) is 12.2. The van der Waals surface area contributed by atoms with E-state index < -0.39 is 11.7 Å². The molecule has 2 aromatic heterocycles. The molecule has 0 fully saturated rings. The Balaban J connectivity index is 1.49. The molecule has 1 atom stereocenters. The van der Waals surface area contributed by atoms with Crippen LogP contribution in [0.5, 0.6) is 0 Å². The first-order chi connectivity index (χ1) is 18.8. The summed E-state index contributed by atoms with van der Waals surface area (Å²) >= 11 is 0. The van der Waals surface area contributed by atoms with Crippen molar-refractivity contribution in [2.75, 3.05) is 0 Å². The van der Waals surface area contributed by atoms with E-state index in [1.165, 1.54) is 0 Å². The Kier molecular flexibility index (Phi) is 8.07. The van der Waals surface area contributed by atoms with Crippen LogP contribution in [0.3, 0.4) is 0 Å². The van der Waals surface area contributed by atoms with Crippen LogP contribution in [0.25, 0.3) is 10.8 Å². The highest BCUT2D eigenvalue weighted by Gasteiger charge is 2.31. The molecule has 40 heavy (non-hydrogen) atoms. The Morgan fingerprint density at radius 3 is 1.75 bits per heavy atom. The normalized spacial score (nSPS) is 12.3. The van der Waals surface area contributed by atoms with Crippen molar-refractivity contribution in [1.29, 1.82) is 0 Å². The zero-order valence-electron chi connectivity index (χ0n) is 24.5. The van der Waals surface area contributed by atoms with Gasteiger partial charge in [0.25, 0.3) is 0 Å². The van der Waals surface area contributed by atoms with Crippen molar-refractivity contribution in [2.24, 2.45) is 5.41 Å². The molecule has 2 aromatic carbocycles. The third-order valence-corrected chi connectivity index (χ3v) is 6.06. The fourth-order valence-electron chi connectivity index (χ4n) is 4.04. The molecule has 1 amide bonds. The molecule has 0 radical (unpaired) electrons. The third-order valence-electron chi connectivity index (χ3n) is 6.06. The van der Waals surface area contributed by atoms with Crippen LogP contribution in [0.1, 0.15) is 102 Å². The summed E-state index contributed by atoms with van der Waals surface area (Å²) in [5.74, 6) is 14.7. The lowest BCUT2D eigenvalue weighted by molar-refractivity contribution is 0.0458. The lowest BCUT2D eigenvalue weighted by Gasteiger charge is -2.31. The van der Waals surface area contributed by atoms with Gasteiger partial charge in [-0.15, -0.1) is 0 Å². The topological polar surface area (TPSA) is 95.7 Å². The van der Waals surface area contributed by atoms with Crippen molar-refractivity contribution in [1.82, 2.24) is 25.3 Å². The van der Waals surface area contributed by atoms with Crippen molar-refractivity contribution in [2.45, 2.75) is 73.0 Å². The summed E-state index contributed by atoms with van der Waals surface area (Å²) in [4.78, 5) is 27.8. The molecule has 0 aliphatic rings. The molecule has 1 unspecified atom stereocenters. The van der Waals surface area contributed by atoms with E-state index in [1.807, 2.05) is 53.7 Å². The average molecular weight is 536 g/mol. The van der Waals surface area contributed by atoms with Gasteiger partial charge in [-0.2, -0.15) is 0 Å². The van der Waals surface area contributed by atoms with Crippen LogP contribution in [0.15, 0.2) is 48.8 Å². The number of alkyl carbamates (subject to hydrolysis) is 1. The molecule has 0 aliphatic heterocycles. The molecule has 206 valence electrons. The van der Waals surface area contributed by atoms with Gasteiger partial charge in [-0.25, -0.2) is 14.8 Å². The summed E-state index contributed by atoms with van der Waals surface area (Å²) in [5, 5.41) is 5.12. The quantitative estimate of drug-likeness (QED) is 0.251. The predicted molar refractivity (Wildman–Crippen MR) is 159 cm³/mol. The fraction of sp³-hybridized carbons (Fsp3) is 0.364. The molecule has 7 nitrogen and oxygen atoms in total. The van der Waals surface area contributed by atoms with Gasteiger partial charge in [0.15, 0.2) is 0 Å². The van der Waals surface area contributed by atoms with E-state index in [0.717, 1.165) is 33.4 Å². The number of nitrogens with zero attached hydrogens (tertiary/aromatic N) is 2. The standard InChI is InChI=1S/C33H37N5O2/c1-21(2)29-34-19-26(36-29)15-11-22-9-13-25-18-23(10-14-24(25)17-22)12-16-27-20-35-30(37-27)28(32(3,4)5)38-31(39)40-33(6,7)8/h9-10,13-14,17-21,28H,1-8H3,(H,34,36)(H,35,37)(H,38,39). The van der Waals surface area contributed by atoms with Crippen LogP contribution in [-0.4, -0.2) is 31.6 Å². The summed E-state index contributed by atoms with van der Waals surface area (Å²) in [5.41, 5.74) is 2.42. The summed E-state index contributed by atoms with van der Waals surface area (Å²) < 4.78 is 5.45. The van der Waals surface area contributed by atoms with E-state index in [4.69, 9.17) is 4.74 Å². The van der Waals surface area contributed by atoms with Crippen molar-refractivity contribution >= 4 is 16.9 Å². The van der Waals surface area contributed by atoms with Crippen LogP contribution < -0.4 is 5.32 Å². The average Bonchev–Trinajstić information content (AvgIpc) is 3.53. The lowest BCUT2D eigenvalue weighted by atomic mass is 9.86. The highest BCUT2D eigenvalue weighted by Crippen LogP contribution is 2.31. The molecule has 0 saturated heterocycles. The van der Waals surface area contributed by atoms with Crippen LogP contribution in [0.2, 0.25) is 0 Å². The molecule has 0 spiro atoms. The molecule has 2 heterocycles. The van der Waals surface area contributed by atoms with Crippen LogP contribution in [0, 0.1) is 29.1 Å². The summed E-state index contributed by atoms with van der Waals surface area (Å²) in [6, 6.07) is 11.9. The third kappa shape index (κ3) is 7.55. The number of nitrogens with one attached hydrogen (secondary N) is 3. The SMILES string of the molecule is CC(C)c1ncc(C#Cc2ccc3cc(C#Cc4cnc(C(NC(=O)OC(C)(C)C)C(C)(C)C)[nH]4)ccc3c2)[nH]1. The molecule has 4 aromatic rings. The van der Waals surface area contributed by atoms with E-state index in [0.29, 0.717) is 17.4 Å². The number of hydrogen-bond acceptors (Lipinski definition) is 4. The zero-order chi connectivity index (χ0) is 29.1. The van der Waals surface area contributed by atoms with Crippen molar-refractivity contribution in [3.63, 3.8) is 0 Å². The molecule has 0 saturated carbocycles. The van der Waals surface area contributed by atoms with Crippen molar-refractivity contribution in [3.05, 3.63) is 83.0 Å². The molecular weight excluding hydrogens is 498 g/mol. The summed E-state index contributed by atoms with van der Waals surface area (Å²) in [7, 11) is 0. The number of carbonyl (C=O) groups is 1. The van der Waals surface area contributed by atoms with E-state index in [-0.39, 0.29) is 11.5 Å². The van der Waals surface area contributed by atoms with Crippen LogP contribution >= 0.6 is 0 Å². The number of fused-ring (bicyclic) bond motifs is 1. The molecule has 3 N–H and O–H groups in total. The van der Waals surface area contributed by atoms with Gasteiger partial charge in [-0.05, 0) is 73.1 Å². The number of benzene rings is 2. The second kappa shape index (κ2) is 11.3. The molecule has 0 aliphatic carbocycles. The minimum Gasteiger partial charge on any atom is -0.444 e. The Hall–Kier alpha value is -4.49. The monoisotopic (exact) mass is 535 g/mol. The highest BCUT2D eigenvalue weighted by molar-refractivity contribution is 5.85. The van der Waals surface area contributed by atoms with Gasteiger partial charge >= 0.3 is 6.09 Å². The largest absolute Gasteiger partial charge is 0.444 e. The Bertz CT molecular complexity index is 1640. The van der Waals surface area contributed by atoms with Crippen molar-refractivity contribution < 1.29 is 9.53 Å². The maximum absolute atomic E-state index is 12.4. The van der Waals surface area contributed by atoms with Crippen LogP contribution in [-0.2, 0) is 4.74 Å². The second-order valence-electron chi connectivity index (χ2n) is 12.2. The maximum Gasteiger partial charge on any atom is 0.408 e. The number of H-pyrrole nitrogens is 2. The highest BCUT2D eigenvalue weighted by atomic mass is 16.6. The van der Waals surface area contributed by atoms with E-state index in [1.54, 1.807) is 12.4 Å². The number of aromatic nitrogens is 4. The number of rotatable bonds is 3. The summed E-state index contributed by atoms with van der Waals surface area (Å²) in [6.07, 6.45) is 2.98. The van der Waals surface area contributed by atoms with Gasteiger partial charge < -0.3 is 20.0 Å². The van der Waals surface area contributed by atoms with Gasteiger partial charge in [-0.3, -0.25) is 0 Å². The van der Waals surface area contributed by atoms with Gasteiger partial charge in [0, 0.05) is 17.0 Å². The minimum absolute atomic E-state index is 0.295.